The summed E-state index contributed by atoms with van der Waals surface area (Å²) in [7, 11) is 1.68. The Hall–Kier alpha value is -2.37. The van der Waals surface area contributed by atoms with Gasteiger partial charge in [0.05, 0.1) is 5.56 Å². The van der Waals surface area contributed by atoms with Crippen molar-refractivity contribution in [1.29, 1.82) is 0 Å². The Balaban J connectivity index is 2.10. The van der Waals surface area contributed by atoms with Gasteiger partial charge in [0.25, 0.3) is 5.91 Å². The summed E-state index contributed by atoms with van der Waals surface area (Å²) in [5.74, 6) is -1.65. The summed E-state index contributed by atoms with van der Waals surface area (Å²) in [5, 5.41) is 11.5. The maximum atomic E-state index is 12.0. The summed E-state index contributed by atoms with van der Waals surface area (Å²) < 4.78 is 0. The predicted octanol–water partition coefficient (Wildman–Crippen LogP) is 0.345. The van der Waals surface area contributed by atoms with Gasteiger partial charge in [-0.25, -0.2) is 4.79 Å². The van der Waals surface area contributed by atoms with Crippen molar-refractivity contribution in [2.24, 2.45) is 0 Å². The van der Waals surface area contributed by atoms with Crippen LogP contribution < -0.4 is 5.32 Å². The first-order chi connectivity index (χ1) is 8.99. The number of carboxylic acid groups (broad SMARTS) is 1. The van der Waals surface area contributed by atoms with Crippen LogP contribution in [-0.2, 0) is 4.79 Å². The number of hydrogen-bond acceptors (Lipinski definition) is 3. The zero-order valence-corrected chi connectivity index (χ0v) is 10.4. The lowest BCUT2D eigenvalue weighted by molar-refractivity contribution is -0.128. The van der Waals surface area contributed by atoms with Crippen molar-refractivity contribution >= 4 is 17.8 Å². The fourth-order valence-electron chi connectivity index (χ4n) is 1.99. The number of amides is 2. The standard InChI is InChI=1S/C13H14N2O4/c1-15-6-5-10(12(15)17)14-11(16)8-3-2-4-9(7-8)13(18)19/h2-4,7,10H,5-6H2,1H3,(H,14,16)(H,18,19). The molecule has 1 aromatic carbocycles. The lowest BCUT2D eigenvalue weighted by atomic mass is 10.1. The highest BCUT2D eigenvalue weighted by Gasteiger charge is 2.30. The van der Waals surface area contributed by atoms with Gasteiger partial charge in [-0.2, -0.15) is 0 Å². The van der Waals surface area contributed by atoms with Crippen molar-refractivity contribution < 1.29 is 19.5 Å². The molecular formula is C13H14N2O4. The van der Waals surface area contributed by atoms with Crippen LogP contribution in [0.4, 0.5) is 0 Å². The largest absolute Gasteiger partial charge is 0.478 e. The average Bonchev–Trinajstić information content (AvgIpc) is 2.71. The molecule has 0 radical (unpaired) electrons. The Morgan fingerprint density at radius 2 is 2.05 bits per heavy atom. The molecule has 0 saturated carbocycles. The molecule has 100 valence electrons. The maximum absolute atomic E-state index is 12.0. The Bertz CT molecular complexity index is 541. The maximum Gasteiger partial charge on any atom is 0.335 e. The van der Waals surface area contributed by atoms with E-state index in [1.54, 1.807) is 11.9 Å². The molecule has 1 saturated heterocycles. The Morgan fingerprint density at radius 3 is 2.63 bits per heavy atom. The molecule has 2 N–H and O–H groups in total. The first kappa shape index (κ1) is 13.1. The van der Waals surface area contributed by atoms with Gasteiger partial charge in [0.2, 0.25) is 5.91 Å². The van der Waals surface area contributed by atoms with Crippen LogP contribution in [-0.4, -0.2) is 47.4 Å². The molecule has 19 heavy (non-hydrogen) atoms. The van der Waals surface area contributed by atoms with Crippen LogP contribution in [0.2, 0.25) is 0 Å². The van der Waals surface area contributed by atoms with Crippen LogP contribution in [0.1, 0.15) is 27.1 Å². The minimum Gasteiger partial charge on any atom is -0.478 e. The van der Waals surface area contributed by atoms with Crippen LogP contribution in [0.25, 0.3) is 0 Å². The van der Waals surface area contributed by atoms with E-state index in [4.69, 9.17) is 5.11 Å². The number of carboxylic acids is 1. The molecule has 1 aliphatic heterocycles. The summed E-state index contributed by atoms with van der Waals surface area (Å²) in [6.45, 7) is 0.610. The average molecular weight is 262 g/mol. The topological polar surface area (TPSA) is 86.7 Å². The summed E-state index contributed by atoms with van der Waals surface area (Å²) in [5.41, 5.74) is 0.282. The number of hydrogen-bond donors (Lipinski definition) is 2. The summed E-state index contributed by atoms with van der Waals surface area (Å²) in [4.78, 5) is 36.0. The Morgan fingerprint density at radius 1 is 1.37 bits per heavy atom. The number of likely N-dealkylation sites (tertiary alicyclic amines) is 1. The molecule has 1 heterocycles. The molecule has 0 spiro atoms. The lowest BCUT2D eigenvalue weighted by Gasteiger charge is -2.12. The first-order valence-corrected chi connectivity index (χ1v) is 5.88. The van der Waals surface area contributed by atoms with E-state index >= 15 is 0 Å². The van der Waals surface area contributed by atoms with Crippen LogP contribution >= 0.6 is 0 Å². The number of nitrogens with zero attached hydrogens (tertiary/aromatic N) is 1. The molecule has 6 heteroatoms. The zero-order chi connectivity index (χ0) is 14.0. The smallest absolute Gasteiger partial charge is 0.335 e. The molecule has 1 unspecified atom stereocenters. The van der Waals surface area contributed by atoms with E-state index in [-0.39, 0.29) is 17.0 Å². The number of carbonyl (C=O) groups is 3. The van der Waals surface area contributed by atoms with Crippen LogP contribution in [0, 0.1) is 0 Å². The van der Waals surface area contributed by atoms with Gasteiger partial charge in [0.1, 0.15) is 6.04 Å². The minimum atomic E-state index is -1.09. The highest BCUT2D eigenvalue weighted by Crippen LogP contribution is 2.11. The highest BCUT2D eigenvalue weighted by atomic mass is 16.4. The van der Waals surface area contributed by atoms with E-state index in [1.165, 1.54) is 24.3 Å². The molecule has 1 fully saturated rings. The quantitative estimate of drug-likeness (QED) is 0.822. The monoisotopic (exact) mass is 262 g/mol. The van der Waals surface area contributed by atoms with Crippen molar-refractivity contribution in [2.45, 2.75) is 12.5 Å². The van der Waals surface area contributed by atoms with Gasteiger partial charge in [-0.05, 0) is 24.6 Å². The van der Waals surface area contributed by atoms with Gasteiger partial charge < -0.3 is 15.3 Å². The number of aromatic carboxylic acids is 1. The normalized spacial score (nSPS) is 18.5. The van der Waals surface area contributed by atoms with Crippen LogP contribution in [0.3, 0.4) is 0 Å². The molecule has 0 bridgehead atoms. The van der Waals surface area contributed by atoms with Gasteiger partial charge in [0, 0.05) is 19.2 Å². The second-order valence-electron chi connectivity index (χ2n) is 4.46. The Labute approximate surface area is 110 Å². The third-order valence-electron chi connectivity index (χ3n) is 3.10. The number of likely N-dealkylation sites (N-methyl/N-ethyl adjacent to an activating group) is 1. The van der Waals surface area contributed by atoms with E-state index in [0.29, 0.717) is 13.0 Å². The van der Waals surface area contributed by atoms with E-state index in [0.717, 1.165) is 0 Å². The summed E-state index contributed by atoms with van der Waals surface area (Å²) in [6.07, 6.45) is 0.569. The molecule has 1 aliphatic rings. The summed E-state index contributed by atoms with van der Waals surface area (Å²) in [6, 6.07) is 5.20. The lowest BCUT2D eigenvalue weighted by Crippen LogP contribution is -2.40. The van der Waals surface area contributed by atoms with Gasteiger partial charge >= 0.3 is 5.97 Å². The van der Waals surface area contributed by atoms with Crippen molar-refractivity contribution in [3.63, 3.8) is 0 Å². The fourth-order valence-corrected chi connectivity index (χ4v) is 1.99. The SMILES string of the molecule is CN1CCC(NC(=O)c2cccc(C(=O)O)c2)C1=O. The Kier molecular flexibility index (Phi) is 3.50. The minimum absolute atomic E-state index is 0.0440. The van der Waals surface area contributed by atoms with Gasteiger partial charge in [-0.15, -0.1) is 0 Å². The molecule has 2 rings (SSSR count). The highest BCUT2D eigenvalue weighted by molar-refractivity contribution is 6.00. The number of benzene rings is 1. The first-order valence-electron chi connectivity index (χ1n) is 5.88. The number of rotatable bonds is 3. The van der Waals surface area contributed by atoms with Crippen molar-refractivity contribution in [3.05, 3.63) is 35.4 Å². The van der Waals surface area contributed by atoms with Crippen LogP contribution in [0.5, 0.6) is 0 Å². The molecule has 1 atom stereocenters. The van der Waals surface area contributed by atoms with E-state index in [1.807, 2.05) is 0 Å². The second-order valence-corrected chi connectivity index (χ2v) is 4.46. The van der Waals surface area contributed by atoms with E-state index in [2.05, 4.69) is 5.32 Å². The number of carbonyl (C=O) groups excluding carboxylic acids is 2. The molecule has 6 nitrogen and oxygen atoms in total. The van der Waals surface area contributed by atoms with Crippen LogP contribution in [0.15, 0.2) is 24.3 Å². The second kappa shape index (κ2) is 5.09. The third-order valence-corrected chi connectivity index (χ3v) is 3.10. The molecule has 0 aromatic heterocycles. The molecule has 2 amide bonds. The van der Waals surface area contributed by atoms with Crippen molar-refractivity contribution in [1.82, 2.24) is 10.2 Å². The van der Waals surface area contributed by atoms with Gasteiger partial charge in [0.15, 0.2) is 0 Å². The van der Waals surface area contributed by atoms with Gasteiger partial charge in [-0.1, -0.05) is 6.07 Å². The van der Waals surface area contributed by atoms with Crippen molar-refractivity contribution in [3.8, 4) is 0 Å². The fraction of sp³-hybridized carbons (Fsp3) is 0.308. The molecule has 0 aliphatic carbocycles. The number of nitrogens with one attached hydrogen (secondary N) is 1. The van der Waals surface area contributed by atoms with Crippen molar-refractivity contribution in [2.75, 3.05) is 13.6 Å². The predicted molar refractivity (Wildman–Crippen MR) is 66.9 cm³/mol. The van der Waals surface area contributed by atoms with Gasteiger partial charge in [-0.3, -0.25) is 9.59 Å². The third kappa shape index (κ3) is 2.73. The molecule has 1 aromatic rings. The molecular weight excluding hydrogens is 248 g/mol. The van der Waals surface area contributed by atoms with E-state index in [9.17, 15) is 14.4 Å². The summed E-state index contributed by atoms with van der Waals surface area (Å²) >= 11 is 0. The zero-order valence-electron chi connectivity index (χ0n) is 10.4. The van der Waals surface area contributed by atoms with E-state index < -0.39 is 17.9 Å².